The summed E-state index contributed by atoms with van der Waals surface area (Å²) in [6, 6.07) is 17.8. The molecule has 2 aromatic heterocycles. The maximum atomic E-state index is 14.1. The maximum absolute atomic E-state index is 14.1. The lowest BCUT2D eigenvalue weighted by Crippen LogP contribution is -2.33. The van der Waals surface area contributed by atoms with Crippen LogP contribution in [0.25, 0.3) is 10.4 Å². The molecule has 6 nitrogen and oxygen atoms in total. The molecule has 1 unspecified atom stereocenters. The molecule has 1 N–H and O–H groups in total. The van der Waals surface area contributed by atoms with Crippen LogP contribution >= 0.6 is 11.3 Å². The summed E-state index contributed by atoms with van der Waals surface area (Å²) >= 11 is 0.922. The van der Waals surface area contributed by atoms with Crippen LogP contribution in [0.1, 0.15) is 57.7 Å². The Morgan fingerprint density at radius 1 is 1.00 bits per heavy atom. The van der Waals surface area contributed by atoms with Crippen LogP contribution in [0.5, 0.6) is 17.4 Å². The van der Waals surface area contributed by atoms with Crippen molar-refractivity contribution in [2.75, 3.05) is 32.6 Å². The molecular weight excluding hydrogens is 573 g/mol. The summed E-state index contributed by atoms with van der Waals surface area (Å²) in [7, 11) is 4.01. The van der Waals surface area contributed by atoms with Crippen LogP contribution in [-0.4, -0.2) is 42.1 Å². The normalized spacial score (nSPS) is 12.8. The number of hydrogen-bond donors (Lipinski definition) is 1. The standard InChI is InChI=1S/C33H39F3N4O2S/c1-7-11-22(2)25-12-8-9-14-27(25)42-30-26(13-10-19-37-30)38-31-39-29(33(34,35)36)28(43-31)23-15-17-24(18-16-23)41-21-32(3,4)20-40(5)6/h8-10,12-19,22H,7,11,20-21H2,1-6H3,(H,38,39). The van der Waals surface area contributed by atoms with Gasteiger partial charge < -0.3 is 19.7 Å². The van der Waals surface area contributed by atoms with E-state index >= 15 is 0 Å². The Labute approximate surface area is 255 Å². The van der Waals surface area contributed by atoms with Crippen LogP contribution in [0.4, 0.5) is 24.0 Å². The topological polar surface area (TPSA) is 59.5 Å². The van der Waals surface area contributed by atoms with E-state index in [4.69, 9.17) is 9.47 Å². The van der Waals surface area contributed by atoms with Gasteiger partial charge in [-0.05, 0) is 80.0 Å². The third-order valence-electron chi connectivity index (χ3n) is 6.78. The van der Waals surface area contributed by atoms with Gasteiger partial charge in [0.1, 0.15) is 17.2 Å². The van der Waals surface area contributed by atoms with Gasteiger partial charge in [0.25, 0.3) is 0 Å². The number of hydrogen-bond acceptors (Lipinski definition) is 7. The van der Waals surface area contributed by atoms with Crippen molar-refractivity contribution >= 4 is 22.2 Å². The zero-order valence-electron chi connectivity index (χ0n) is 25.5. The van der Waals surface area contributed by atoms with Gasteiger partial charge in [0, 0.05) is 18.2 Å². The Bertz CT molecular complexity index is 1490. The van der Waals surface area contributed by atoms with Gasteiger partial charge in [0.05, 0.1) is 11.5 Å². The van der Waals surface area contributed by atoms with Crippen LogP contribution < -0.4 is 14.8 Å². The van der Waals surface area contributed by atoms with E-state index in [2.05, 4.69) is 47.9 Å². The average molecular weight is 613 g/mol. The van der Waals surface area contributed by atoms with Crippen LogP contribution in [0, 0.1) is 5.41 Å². The molecule has 0 aliphatic rings. The van der Waals surface area contributed by atoms with Gasteiger partial charge in [0.2, 0.25) is 5.88 Å². The molecule has 4 rings (SSSR count). The number of nitrogens with zero attached hydrogens (tertiary/aromatic N) is 3. The molecule has 0 saturated heterocycles. The number of para-hydroxylation sites is 1. The van der Waals surface area contributed by atoms with Gasteiger partial charge in [-0.25, -0.2) is 9.97 Å². The molecular formula is C33H39F3N4O2S. The summed E-state index contributed by atoms with van der Waals surface area (Å²) in [6.07, 6.45) is -1.03. The molecule has 2 aromatic carbocycles. The molecule has 1 atom stereocenters. The van der Waals surface area contributed by atoms with E-state index in [1.165, 1.54) is 0 Å². The van der Waals surface area contributed by atoms with Gasteiger partial charge in [-0.15, -0.1) is 0 Å². The van der Waals surface area contributed by atoms with Gasteiger partial charge in [-0.1, -0.05) is 63.7 Å². The van der Waals surface area contributed by atoms with Crippen molar-refractivity contribution in [3.05, 3.63) is 78.1 Å². The molecule has 0 fully saturated rings. The van der Waals surface area contributed by atoms with Gasteiger partial charge in [0.15, 0.2) is 10.8 Å². The fourth-order valence-electron chi connectivity index (χ4n) is 5.00. The number of pyridine rings is 1. The molecule has 0 spiro atoms. The van der Waals surface area contributed by atoms with E-state index in [0.717, 1.165) is 36.3 Å². The molecule has 0 radical (unpaired) electrons. The van der Waals surface area contributed by atoms with Gasteiger partial charge >= 0.3 is 6.18 Å². The lowest BCUT2D eigenvalue weighted by Gasteiger charge is -2.28. The molecule has 2 heterocycles. The SMILES string of the molecule is CCCC(C)c1ccccc1Oc1ncccc1Nc1nc(C(F)(F)F)c(-c2ccc(OCC(C)(C)CN(C)C)cc2)s1. The van der Waals surface area contributed by atoms with Crippen molar-refractivity contribution in [3.8, 4) is 27.8 Å². The minimum Gasteiger partial charge on any atom is -0.493 e. The predicted molar refractivity (Wildman–Crippen MR) is 168 cm³/mol. The lowest BCUT2D eigenvalue weighted by atomic mass is 9.94. The third-order valence-corrected chi connectivity index (χ3v) is 7.80. The first-order valence-corrected chi connectivity index (χ1v) is 15.1. The first-order chi connectivity index (χ1) is 20.4. The van der Waals surface area contributed by atoms with Crippen molar-refractivity contribution in [1.82, 2.24) is 14.9 Å². The second-order valence-electron chi connectivity index (χ2n) is 11.7. The highest BCUT2D eigenvalue weighted by Gasteiger charge is 2.38. The molecule has 0 bridgehead atoms. The zero-order chi connectivity index (χ0) is 31.2. The quantitative estimate of drug-likeness (QED) is 0.162. The van der Waals surface area contributed by atoms with Gasteiger partial charge in [-0.3, -0.25) is 0 Å². The van der Waals surface area contributed by atoms with E-state index in [1.807, 2.05) is 38.4 Å². The highest BCUT2D eigenvalue weighted by molar-refractivity contribution is 7.19. The molecule has 4 aromatic rings. The Hall–Kier alpha value is -3.63. The number of anilines is 2. The average Bonchev–Trinajstić information content (AvgIpc) is 3.38. The largest absolute Gasteiger partial charge is 0.493 e. The molecule has 0 amide bonds. The molecule has 0 aliphatic carbocycles. The van der Waals surface area contributed by atoms with Crippen LogP contribution in [0.3, 0.4) is 0 Å². The number of thiazole rings is 1. The summed E-state index contributed by atoms with van der Waals surface area (Å²) in [4.78, 5) is 10.4. The lowest BCUT2D eigenvalue weighted by molar-refractivity contribution is -0.140. The number of ether oxygens (including phenoxy) is 2. The smallest absolute Gasteiger partial charge is 0.434 e. The summed E-state index contributed by atoms with van der Waals surface area (Å²) in [5.41, 5.74) is 0.823. The molecule has 43 heavy (non-hydrogen) atoms. The Morgan fingerprint density at radius 3 is 2.40 bits per heavy atom. The first-order valence-electron chi connectivity index (χ1n) is 14.3. The fraction of sp³-hybridized carbons (Fsp3) is 0.394. The van der Waals surface area contributed by atoms with Crippen LogP contribution in [0.15, 0.2) is 66.9 Å². The van der Waals surface area contributed by atoms with Gasteiger partial charge in [-0.2, -0.15) is 13.2 Å². The minimum absolute atomic E-state index is 0.0135. The highest BCUT2D eigenvalue weighted by atomic mass is 32.1. The molecule has 0 aliphatic heterocycles. The van der Waals surface area contributed by atoms with Crippen molar-refractivity contribution < 1.29 is 22.6 Å². The van der Waals surface area contributed by atoms with E-state index in [9.17, 15) is 13.2 Å². The Balaban J connectivity index is 1.57. The fourth-order valence-corrected chi connectivity index (χ4v) is 6.00. The minimum atomic E-state index is -4.64. The number of nitrogens with one attached hydrogen (secondary N) is 1. The summed E-state index contributed by atoms with van der Waals surface area (Å²) in [5.74, 6) is 1.78. The third kappa shape index (κ3) is 8.70. The van der Waals surface area contributed by atoms with E-state index in [0.29, 0.717) is 29.4 Å². The number of halogens is 3. The number of alkyl halides is 3. The van der Waals surface area contributed by atoms with Crippen molar-refractivity contribution in [2.24, 2.45) is 5.41 Å². The number of rotatable bonds is 13. The predicted octanol–water partition coefficient (Wildman–Crippen LogP) is 9.63. The number of aromatic nitrogens is 2. The second-order valence-corrected chi connectivity index (χ2v) is 12.7. The molecule has 0 saturated carbocycles. The second kappa shape index (κ2) is 13.8. The molecule has 10 heteroatoms. The number of benzene rings is 2. The summed E-state index contributed by atoms with van der Waals surface area (Å²) in [5, 5.41) is 3.11. The van der Waals surface area contributed by atoms with Crippen molar-refractivity contribution in [2.45, 2.75) is 52.6 Å². The Morgan fingerprint density at radius 2 is 1.72 bits per heavy atom. The maximum Gasteiger partial charge on any atom is 0.434 e. The van der Waals surface area contributed by atoms with E-state index in [1.54, 1.807) is 42.6 Å². The highest BCUT2D eigenvalue weighted by Crippen LogP contribution is 2.44. The van der Waals surface area contributed by atoms with Crippen LogP contribution in [0.2, 0.25) is 0 Å². The Kier molecular flexibility index (Phi) is 10.3. The van der Waals surface area contributed by atoms with E-state index < -0.39 is 11.9 Å². The van der Waals surface area contributed by atoms with Crippen molar-refractivity contribution in [1.29, 1.82) is 0 Å². The summed E-state index contributed by atoms with van der Waals surface area (Å²) < 4.78 is 54.5. The van der Waals surface area contributed by atoms with E-state index in [-0.39, 0.29) is 27.2 Å². The molecule has 230 valence electrons. The summed E-state index contributed by atoms with van der Waals surface area (Å²) in [6.45, 7) is 9.80. The first kappa shape index (κ1) is 32.3. The van der Waals surface area contributed by atoms with Crippen molar-refractivity contribution in [3.63, 3.8) is 0 Å². The van der Waals surface area contributed by atoms with Crippen LogP contribution in [-0.2, 0) is 6.18 Å². The zero-order valence-corrected chi connectivity index (χ0v) is 26.3. The monoisotopic (exact) mass is 612 g/mol.